The van der Waals surface area contributed by atoms with E-state index in [4.69, 9.17) is 0 Å². The van der Waals surface area contributed by atoms with Crippen LogP contribution in [0, 0.1) is 0 Å². The Kier molecular flexibility index (Phi) is 8.84. The Labute approximate surface area is 237 Å². The summed E-state index contributed by atoms with van der Waals surface area (Å²) in [6.45, 7) is 5.06. The number of benzene rings is 2. The number of hydrogen-bond acceptors (Lipinski definition) is 5. The van der Waals surface area contributed by atoms with Gasteiger partial charge in [-0.25, -0.2) is 8.42 Å². The normalized spacial score (nSPS) is 16.7. The van der Waals surface area contributed by atoms with Gasteiger partial charge in [-0.05, 0) is 86.9 Å². The Balaban J connectivity index is 1.29. The standard InChI is InChI=1S/C31H40N3O3S2/c1-24(35)10-5-3-6-18-33-19-9-11-26-22-25(12-15-28(26)33)13-17-31-32(2)29-16-14-27(23-30(29)38-31)39(36,37)34-20-7-4-8-21-34/h12-17,22-23H,3-11,18-21H2,1-2H3/q+1. The zero-order valence-corrected chi connectivity index (χ0v) is 24.8. The number of nitrogens with zero attached hydrogens (tertiary/aromatic N) is 3. The number of unbranched alkanes of at least 4 members (excludes halogenated alkanes) is 2. The van der Waals surface area contributed by atoms with E-state index in [0.717, 1.165) is 73.3 Å². The third-order valence-electron chi connectivity index (χ3n) is 7.98. The molecule has 1 aromatic heterocycles. The second-order valence-electron chi connectivity index (χ2n) is 10.9. The lowest BCUT2D eigenvalue weighted by atomic mass is 9.98. The van der Waals surface area contributed by atoms with E-state index in [1.165, 1.54) is 23.2 Å². The largest absolute Gasteiger partial charge is 0.371 e. The fourth-order valence-electron chi connectivity index (χ4n) is 5.77. The van der Waals surface area contributed by atoms with Crippen LogP contribution in [0.3, 0.4) is 0 Å². The first kappa shape index (κ1) is 28.0. The van der Waals surface area contributed by atoms with Gasteiger partial charge in [-0.1, -0.05) is 30.2 Å². The maximum atomic E-state index is 13.2. The van der Waals surface area contributed by atoms with Crippen molar-refractivity contribution in [2.45, 2.75) is 69.6 Å². The number of carbonyl (C=O) groups excluding carboxylic acids is 1. The highest BCUT2D eigenvalue weighted by atomic mass is 32.2. The number of ketones is 1. The number of Topliss-reactive ketones (excluding diaryl/α,β-unsaturated/α-hetero) is 1. The molecule has 0 aliphatic carbocycles. The van der Waals surface area contributed by atoms with Gasteiger partial charge < -0.3 is 9.69 Å². The summed E-state index contributed by atoms with van der Waals surface area (Å²) >= 11 is 1.63. The maximum absolute atomic E-state index is 13.2. The number of sulfonamides is 1. The molecule has 208 valence electrons. The van der Waals surface area contributed by atoms with Crippen LogP contribution in [0.2, 0.25) is 0 Å². The molecule has 3 aromatic rings. The second-order valence-corrected chi connectivity index (χ2v) is 13.9. The zero-order chi connectivity index (χ0) is 27.4. The molecule has 0 saturated carbocycles. The van der Waals surface area contributed by atoms with Gasteiger partial charge in [0.1, 0.15) is 17.5 Å². The minimum Gasteiger partial charge on any atom is -0.371 e. The summed E-state index contributed by atoms with van der Waals surface area (Å²) in [6.07, 6.45) is 13.5. The molecule has 0 radical (unpaired) electrons. The number of fused-ring (bicyclic) bond motifs is 2. The molecule has 2 aliphatic heterocycles. The van der Waals surface area contributed by atoms with Crippen LogP contribution in [0.1, 0.15) is 74.4 Å². The summed E-state index contributed by atoms with van der Waals surface area (Å²) in [7, 11) is -1.40. The molecule has 0 amide bonds. The minimum absolute atomic E-state index is 0.286. The van der Waals surface area contributed by atoms with Gasteiger partial charge in [0.2, 0.25) is 15.5 Å². The molecular weight excluding hydrogens is 526 g/mol. The van der Waals surface area contributed by atoms with Gasteiger partial charge in [-0.3, -0.25) is 0 Å². The summed E-state index contributed by atoms with van der Waals surface area (Å²) in [4.78, 5) is 14.1. The molecule has 8 heteroatoms. The Morgan fingerprint density at radius 2 is 1.79 bits per heavy atom. The molecule has 1 saturated heterocycles. The van der Waals surface area contributed by atoms with E-state index >= 15 is 0 Å². The first-order chi connectivity index (χ1) is 18.8. The third kappa shape index (κ3) is 6.44. The number of anilines is 1. The molecule has 2 aliphatic rings. The van der Waals surface area contributed by atoms with Crippen molar-refractivity contribution >= 4 is 55.2 Å². The Morgan fingerprint density at radius 1 is 0.974 bits per heavy atom. The lowest BCUT2D eigenvalue weighted by molar-refractivity contribution is -0.642. The second kappa shape index (κ2) is 12.3. The molecule has 2 aromatic carbocycles. The molecule has 0 atom stereocenters. The summed E-state index contributed by atoms with van der Waals surface area (Å²) in [5.74, 6) is 0.286. The van der Waals surface area contributed by atoms with Crippen LogP contribution in [-0.2, 0) is 28.3 Å². The predicted molar refractivity (Wildman–Crippen MR) is 161 cm³/mol. The highest BCUT2D eigenvalue weighted by Gasteiger charge is 2.27. The van der Waals surface area contributed by atoms with E-state index in [1.807, 2.05) is 19.2 Å². The number of aromatic nitrogens is 1. The molecule has 5 rings (SSSR count). The van der Waals surface area contributed by atoms with E-state index in [1.54, 1.807) is 28.6 Å². The summed E-state index contributed by atoms with van der Waals surface area (Å²) in [5, 5.41) is 1.09. The molecule has 6 nitrogen and oxygen atoms in total. The van der Waals surface area contributed by atoms with Crippen LogP contribution >= 0.6 is 11.3 Å². The van der Waals surface area contributed by atoms with Crippen LogP contribution in [0.5, 0.6) is 0 Å². The van der Waals surface area contributed by atoms with Crippen molar-refractivity contribution in [1.82, 2.24) is 4.31 Å². The number of piperidine rings is 1. The Bertz CT molecular complexity index is 1470. The summed E-state index contributed by atoms with van der Waals surface area (Å²) in [5.41, 5.74) is 4.98. The van der Waals surface area contributed by atoms with Crippen LogP contribution < -0.4 is 9.47 Å². The number of aryl methyl sites for hydroxylation is 2. The van der Waals surface area contributed by atoms with Gasteiger partial charge in [0.25, 0.3) is 5.01 Å². The lowest BCUT2D eigenvalue weighted by Crippen LogP contribution is -2.35. The average Bonchev–Trinajstić information content (AvgIpc) is 3.26. The van der Waals surface area contributed by atoms with Gasteiger partial charge in [-0.2, -0.15) is 8.87 Å². The first-order valence-corrected chi connectivity index (χ1v) is 16.6. The highest BCUT2D eigenvalue weighted by Crippen LogP contribution is 2.30. The SMILES string of the molecule is CC(=O)CCCCCN1CCCc2cc(/C=C/c3sc4cc(S(=O)(=O)N5CCCCC5)ccc4[n+]3C)ccc21. The van der Waals surface area contributed by atoms with E-state index in [0.29, 0.717) is 24.4 Å². The van der Waals surface area contributed by atoms with E-state index in [9.17, 15) is 13.2 Å². The quantitative estimate of drug-likeness (QED) is 0.224. The Morgan fingerprint density at radius 3 is 2.59 bits per heavy atom. The van der Waals surface area contributed by atoms with Crippen molar-refractivity contribution in [1.29, 1.82) is 0 Å². The average molecular weight is 567 g/mol. The van der Waals surface area contributed by atoms with Crippen molar-refractivity contribution in [2.24, 2.45) is 7.05 Å². The van der Waals surface area contributed by atoms with Crippen LogP contribution in [-0.4, -0.2) is 44.7 Å². The minimum atomic E-state index is -3.44. The number of carbonyl (C=O) groups is 1. The third-order valence-corrected chi connectivity index (χ3v) is 11.0. The van der Waals surface area contributed by atoms with Crippen molar-refractivity contribution in [3.8, 4) is 0 Å². The molecular formula is C31H40N3O3S2+. The fraction of sp³-hybridized carbons (Fsp3) is 0.484. The topological polar surface area (TPSA) is 61.6 Å². The molecule has 0 spiro atoms. The molecule has 39 heavy (non-hydrogen) atoms. The maximum Gasteiger partial charge on any atom is 0.262 e. The van der Waals surface area contributed by atoms with Gasteiger partial charge in [0, 0.05) is 50.4 Å². The van der Waals surface area contributed by atoms with E-state index < -0.39 is 10.0 Å². The molecule has 0 N–H and O–H groups in total. The summed E-state index contributed by atoms with van der Waals surface area (Å²) < 4.78 is 31.1. The van der Waals surface area contributed by atoms with Crippen LogP contribution in [0.4, 0.5) is 5.69 Å². The van der Waals surface area contributed by atoms with Crippen molar-refractivity contribution < 1.29 is 17.8 Å². The van der Waals surface area contributed by atoms with Gasteiger partial charge in [-0.15, -0.1) is 0 Å². The fourth-order valence-corrected chi connectivity index (χ4v) is 8.48. The smallest absolute Gasteiger partial charge is 0.262 e. The van der Waals surface area contributed by atoms with Gasteiger partial charge in [0.15, 0.2) is 0 Å². The molecule has 0 unspecified atom stereocenters. The monoisotopic (exact) mass is 566 g/mol. The van der Waals surface area contributed by atoms with Crippen molar-refractivity contribution in [3.63, 3.8) is 0 Å². The van der Waals surface area contributed by atoms with Crippen LogP contribution in [0.25, 0.3) is 22.4 Å². The highest BCUT2D eigenvalue weighted by molar-refractivity contribution is 7.89. The lowest BCUT2D eigenvalue weighted by Gasteiger charge is -2.31. The molecule has 3 heterocycles. The molecule has 1 fully saturated rings. The summed E-state index contributed by atoms with van der Waals surface area (Å²) in [6, 6.07) is 12.3. The predicted octanol–water partition coefficient (Wildman–Crippen LogP) is 5.97. The zero-order valence-electron chi connectivity index (χ0n) is 23.2. The van der Waals surface area contributed by atoms with Crippen molar-refractivity contribution in [3.05, 3.63) is 52.5 Å². The van der Waals surface area contributed by atoms with Crippen LogP contribution in [0.15, 0.2) is 41.3 Å². The van der Waals surface area contributed by atoms with Gasteiger partial charge in [0.05, 0.1) is 4.90 Å². The van der Waals surface area contributed by atoms with E-state index in [2.05, 4.69) is 39.8 Å². The molecule has 0 bridgehead atoms. The first-order valence-electron chi connectivity index (χ1n) is 14.3. The Hall–Kier alpha value is -2.55. The number of thiazole rings is 1. The number of rotatable bonds is 10. The van der Waals surface area contributed by atoms with E-state index in [-0.39, 0.29) is 5.78 Å². The van der Waals surface area contributed by atoms with Gasteiger partial charge >= 0.3 is 0 Å². The van der Waals surface area contributed by atoms with Crippen molar-refractivity contribution in [2.75, 3.05) is 31.1 Å². The number of hydrogen-bond donors (Lipinski definition) is 0.